The van der Waals surface area contributed by atoms with Gasteiger partial charge in [0.05, 0.1) is 31.4 Å². The quantitative estimate of drug-likeness (QED) is 0.906. The van der Waals surface area contributed by atoms with Crippen LogP contribution in [0.2, 0.25) is 0 Å². The molecule has 1 heterocycles. The first-order chi connectivity index (χ1) is 9.47. The lowest BCUT2D eigenvalue weighted by atomic mass is 10.1. The molecular formula is C14H18F3NO2. The van der Waals surface area contributed by atoms with Crippen LogP contribution in [0.15, 0.2) is 24.3 Å². The Morgan fingerprint density at radius 1 is 1.30 bits per heavy atom. The zero-order chi connectivity index (χ0) is 14.6. The number of hydrogen-bond acceptors (Lipinski definition) is 3. The molecule has 1 saturated heterocycles. The van der Waals surface area contributed by atoms with Crippen molar-refractivity contribution in [1.82, 2.24) is 0 Å². The zero-order valence-electron chi connectivity index (χ0n) is 11.0. The molecule has 0 radical (unpaired) electrons. The Bertz CT molecular complexity index is 413. The first-order valence-electron chi connectivity index (χ1n) is 6.55. The highest BCUT2D eigenvalue weighted by Gasteiger charge is 2.30. The molecule has 2 N–H and O–H groups in total. The van der Waals surface area contributed by atoms with E-state index in [1.165, 1.54) is 12.1 Å². The summed E-state index contributed by atoms with van der Waals surface area (Å²) in [7, 11) is 0. The number of benzene rings is 1. The smallest absolute Gasteiger partial charge is 0.381 e. The van der Waals surface area contributed by atoms with Gasteiger partial charge in [0.15, 0.2) is 0 Å². The number of rotatable bonds is 5. The molecule has 20 heavy (non-hydrogen) atoms. The summed E-state index contributed by atoms with van der Waals surface area (Å²) in [5.74, 6) is 0.398. The summed E-state index contributed by atoms with van der Waals surface area (Å²) in [6, 6.07) is 4.46. The van der Waals surface area contributed by atoms with Crippen molar-refractivity contribution < 1.29 is 22.6 Å². The average molecular weight is 289 g/mol. The fourth-order valence-corrected chi connectivity index (χ4v) is 2.09. The summed E-state index contributed by atoms with van der Waals surface area (Å²) in [6.07, 6.45) is -3.34. The van der Waals surface area contributed by atoms with Gasteiger partial charge in [-0.2, -0.15) is 13.2 Å². The predicted molar refractivity (Wildman–Crippen MR) is 68.1 cm³/mol. The SMILES string of the molecule is NC(COCC1CCOC1)c1ccc(C(F)(F)F)cc1. The number of nitrogens with two attached hydrogens (primary N) is 1. The lowest BCUT2D eigenvalue weighted by Gasteiger charge is -2.15. The predicted octanol–water partition coefficient (Wildman–Crippen LogP) is 2.76. The maximum Gasteiger partial charge on any atom is 0.416 e. The summed E-state index contributed by atoms with van der Waals surface area (Å²) < 4.78 is 48.0. The van der Waals surface area contributed by atoms with E-state index < -0.39 is 17.8 Å². The van der Waals surface area contributed by atoms with Gasteiger partial charge >= 0.3 is 6.18 Å². The number of alkyl halides is 3. The van der Waals surface area contributed by atoms with Gasteiger partial charge < -0.3 is 15.2 Å². The van der Waals surface area contributed by atoms with Gasteiger partial charge in [-0.1, -0.05) is 12.1 Å². The molecule has 2 rings (SSSR count). The van der Waals surface area contributed by atoms with Crippen molar-refractivity contribution in [1.29, 1.82) is 0 Å². The van der Waals surface area contributed by atoms with Crippen LogP contribution in [-0.2, 0) is 15.7 Å². The topological polar surface area (TPSA) is 44.5 Å². The molecule has 1 aromatic carbocycles. The number of ether oxygens (including phenoxy) is 2. The van der Waals surface area contributed by atoms with E-state index >= 15 is 0 Å². The molecule has 1 aromatic rings. The van der Waals surface area contributed by atoms with E-state index in [1.54, 1.807) is 0 Å². The van der Waals surface area contributed by atoms with Crippen molar-refractivity contribution in [3.05, 3.63) is 35.4 Å². The van der Waals surface area contributed by atoms with Gasteiger partial charge in [-0.15, -0.1) is 0 Å². The van der Waals surface area contributed by atoms with Crippen LogP contribution in [0.3, 0.4) is 0 Å². The van der Waals surface area contributed by atoms with Crippen molar-refractivity contribution in [2.75, 3.05) is 26.4 Å². The van der Waals surface area contributed by atoms with Gasteiger partial charge in [0.1, 0.15) is 0 Å². The minimum absolute atomic E-state index is 0.294. The molecule has 112 valence electrons. The number of hydrogen-bond donors (Lipinski definition) is 1. The molecule has 0 spiro atoms. The lowest BCUT2D eigenvalue weighted by Crippen LogP contribution is -2.20. The second-order valence-corrected chi connectivity index (χ2v) is 4.99. The summed E-state index contributed by atoms with van der Waals surface area (Å²) in [6.45, 7) is 2.34. The van der Waals surface area contributed by atoms with E-state index in [1.807, 2.05) is 0 Å². The molecule has 0 bridgehead atoms. The van der Waals surface area contributed by atoms with E-state index in [0.717, 1.165) is 25.2 Å². The van der Waals surface area contributed by atoms with Crippen LogP contribution < -0.4 is 5.73 Å². The standard InChI is InChI=1S/C14H18F3NO2/c15-14(16,17)12-3-1-11(2-4-12)13(18)9-20-8-10-5-6-19-7-10/h1-4,10,13H,5-9,18H2. The maximum absolute atomic E-state index is 12.4. The highest BCUT2D eigenvalue weighted by atomic mass is 19.4. The fraction of sp³-hybridized carbons (Fsp3) is 0.571. The molecule has 0 aliphatic carbocycles. The second-order valence-electron chi connectivity index (χ2n) is 4.99. The Hall–Kier alpha value is -1.11. The summed E-state index contributed by atoms with van der Waals surface area (Å²) in [4.78, 5) is 0. The molecular weight excluding hydrogens is 271 g/mol. The van der Waals surface area contributed by atoms with E-state index in [-0.39, 0.29) is 0 Å². The van der Waals surface area contributed by atoms with Crippen LogP contribution in [0.5, 0.6) is 0 Å². The summed E-state index contributed by atoms with van der Waals surface area (Å²) >= 11 is 0. The molecule has 2 atom stereocenters. The third kappa shape index (κ3) is 4.19. The average Bonchev–Trinajstić information content (AvgIpc) is 2.91. The van der Waals surface area contributed by atoms with Crippen LogP contribution in [0.4, 0.5) is 13.2 Å². The van der Waals surface area contributed by atoms with Crippen LogP contribution in [0.1, 0.15) is 23.6 Å². The van der Waals surface area contributed by atoms with E-state index in [2.05, 4.69) is 0 Å². The Labute approximate surface area is 115 Å². The second kappa shape index (κ2) is 6.56. The van der Waals surface area contributed by atoms with Crippen LogP contribution in [0.25, 0.3) is 0 Å². The molecule has 6 heteroatoms. The molecule has 0 aromatic heterocycles. The van der Waals surface area contributed by atoms with Gasteiger partial charge in [0, 0.05) is 12.5 Å². The lowest BCUT2D eigenvalue weighted by molar-refractivity contribution is -0.137. The van der Waals surface area contributed by atoms with Gasteiger partial charge in [0.25, 0.3) is 0 Å². The molecule has 1 fully saturated rings. The van der Waals surface area contributed by atoms with Gasteiger partial charge in [-0.3, -0.25) is 0 Å². The van der Waals surface area contributed by atoms with E-state index in [4.69, 9.17) is 15.2 Å². The highest BCUT2D eigenvalue weighted by Crippen LogP contribution is 2.29. The largest absolute Gasteiger partial charge is 0.416 e. The Morgan fingerprint density at radius 3 is 2.55 bits per heavy atom. The van der Waals surface area contributed by atoms with Crippen molar-refractivity contribution in [3.8, 4) is 0 Å². The molecule has 1 aliphatic heterocycles. The van der Waals surface area contributed by atoms with Crippen LogP contribution in [-0.4, -0.2) is 26.4 Å². The number of halogens is 3. The zero-order valence-corrected chi connectivity index (χ0v) is 11.0. The van der Waals surface area contributed by atoms with Crippen molar-refractivity contribution in [3.63, 3.8) is 0 Å². The monoisotopic (exact) mass is 289 g/mol. The molecule has 2 unspecified atom stereocenters. The van der Waals surface area contributed by atoms with E-state index in [9.17, 15) is 13.2 Å². The molecule has 3 nitrogen and oxygen atoms in total. The third-order valence-electron chi connectivity index (χ3n) is 3.34. The Kier molecular flexibility index (Phi) is 5.01. The molecule has 0 saturated carbocycles. The first-order valence-corrected chi connectivity index (χ1v) is 6.55. The molecule has 1 aliphatic rings. The summed E-state index contributed by atoms with van der Waals surface area (Å²) in [5.41, 5.74) is 5.87. The fourth-order valence-electron chi connectivity index (χ4n) is 2.09. The van der Waals surface area contributed by atoms with Gasteiger partial charge in [0.2, 0.25) is 0 Å². The van der Waals surface area contributed by atoms with Crippen molar-refractivity contribution in [2.45, 2.75) is 18.6 Å². The Morgan fingerprint density at radius 2 is 2.00 bits per heavy atom. The van der Waals surface area contributed by atoms with E-state index in [0.29, 0.717) is 31.3 Å². The van der Waals surface area contributed by atoms with Gasteiger partial charge in [-0.25, -0.2) is 0 Å². The van der Waals surface area contributed by atoms with Gasteiger partial charge in [-0.05, 0) is 24.1 Å². The first kappa shape index (κ1) is 15.3. The minimum Gasteiger partial charge on any atom is -0.381 e. The summed E-state index contributed by atoms with van der Waals surface area (Å²) in [5, 5.41) is 0. The van der Waals surface area contributed by atoms with Crippen molar-refractivity contribution >= 4 is 0 Å². The third-order valence-corrected chi connectivity index (χ3v) is 3.34. The van der Waals surface area contributed by atoms with Crippen LogP contribution >= 0.6 is 0 Å². The highest BCUT2D eigenvalue weighted by molar-refractivity contribution is 5.26. The van der Waals surface area contributed by atoms with Crippen LogP contribution in [0, 0.1) is 5.92 Å². The molecule has 0 amide bonds. The minimum atomic E-state index is -4.32. The van der Waals surface area contributed by atoms with Crippen molar-refractivity contribution in [2.24, 2.45) is 11.7 Å². The maximum atomic E-state index is 12.4. The Balaban J connectivity index is 1.81. The normalized spacial score (nSPS) is 21.1.